The maximum Gasteiger partial charge on any atom is 0.0576 e. The standard InChI is InChI=1S/C7H9Cl/c8-7-5-1-2-6(7)4-3-5/h1,6-7H,2-4H2. The molecule has 2 unspecified atom stereocenters. The topological polar surface area (TPSA) is 0 Å². The fourth-order valence-electron chi connectivity index (χ4n) is 1.69. The van der Waals surface area contributed by atoms with Crippen molar-refractivity contribution in [2.24, 2.45) is 5.92 Å². The van der Waals surface area contributed by atoms with Crippen LogP contribution in [0.3, 0.4) is 0 Å². The van der Waals surface area contributed by atoms with Crippen LogP contribution in [-0.4, -0.2) is 5.38 Å². The zero-order valence-corrected chi connectivity index (χ0v) is 5.49. The Morgan fingerprint density at radius 1 is 1.62 bits per heavy atom. The van der Waals surface area contributed by atoms with Gasteiger partial charge in [-0.25, -0.2) is 0 Å². The van der Waals surface area contributed by atoms with E-state index in [1.54, 1.807) is 0 Å². The predicted octanol–water partition coefficient (Wildman–Crippen LogP) is 2.33. The van der Waals surface area contributed by atoms with Crippen molar-refractivity contribution in [2.75, 3.05) is 0 Å². The Balaban J connectivity index is 2.31. The van der Waals surface area contributed by atoms with Crippen LogP contribution < -0.4 is 0 Å². The van der Waals surface area contributed by atoms with Gasteiger partial charge in [-0.05, 0) is 25.2 Å². The lowest BCUT2D eigenvalue weighted by Gasteiger charge is -2.02. The summed E-state index contributed by atoms with van der Waals surface area (Å²) in [7, 11) is 0. The molecule has 2 aliphatic carbocycles. The van der Waals surface area contributed by atoms with Crippen LogP contribution in [0.2, 0.25) is 0 Å². The minimum atomic E-state index is 0.426. The van der Waals surface area contributed by atoms with E-state index in [-0.39, 0.29) is 0 Å². The number of hydrogen-bond acceptors (Lipinski definition) is 0. The van der Waals surface area contributed by atoms with Crippen LogP contribution in [0, 0.1) is 5.92 Å². The molecule has 0 amide bonds. The van der Waals surface area contributed by atoms with Gasteiger partial charge in [0, 0.05) is 0 Å². The van der Waals surface area contributed by atoms with Gasteiger partial charge in [-0.3, -0.25) is 0 Å². The molecule has 1 fully saturated rings. The zero-order chi connectivity index (χ0) is 5.56. The predicted molar refractivity (Wildman–Crippen MR) is 35.1 cm³/mol. The van der Waals surface area contributed by atoms with Crippen molar-refractivity contribution in [3.05, 3.63) is 11.6 Å². The van der Waals surface area contributed by atoms with Gasteiger partial charge in [0.05, 0.1) is 5.38 Å². The van der Waals surface area contributed by atoms with E-state index in [0.717, 1.165) is 5.92 Å². The first-order chi connectivity index (χ1) is 3.88. The molecule has 0 aliphatic heterocycles. The molecule has 0 heterocycles. The summed E-state index contributed by atoms with van der Waals surface area (Å²) in [4.78, 5) is 0. The molecule has 0 aromatic heterocycles. The largest absolute Gasteiger partial charge is 0.118 e. The Morgan fingerprint density at radius 3 is 2.62 bits per heavy atom. The first-order valence-corrected chi connectivity index (χ1v) is 3.64. The summed E-state index contributed by atoms with van der Waals surface area (Å²) in [5.74, 6) is 0.812. The van der Waals surface area contributed by atoms with Crippen LogP contribution >= 0.6 is 11.6 Å². The first kappa shape index (κ1) is 4.87. The number of allylic oxidation sites excluding steroid dienone is 2. The van der Waals surface area contributed by atoms with Gasteiger partial charge < -0.3 is 0 Å². The molecular weight excluding hydrogens is 120 g/mol. The molecule has 44 valence electrons. The van der Waals surface area contributed by atoms with E-state index >= 15 is 0 Å². The SMILES string of the molecule is ClC1C2=CCC1CC2. The number of rotatable bonds is 0. The van der Waals surface area contributed by atoms with Crippen molar-refractivity contribution in [3.63, 3.8) is 0 Å². The number of hydrogen-bond donors (Lipinski definition) is 0. The minimum Gasteiger partial charge on any atom is -0.118 e. The zero-order valence-electron chi connectivity index (χ0n) is 4.73. The van der Waals surface area contributed by atoms with E-state index in [1.807, 2.05) is 0 Å². The smallest absolute Gasteiger partial charge is 0.0576 e. The van der Waals surface area contributed by atoms with Crippen LogP contribution in [0.15, 0.2) is 11.6 Å². The third-order valence-electron chi connectivity index (χ3n) is 2.25. The van der Waals surface area contributed by atoms with Crippen LogP contribution in [0.5, 0.6) is 0 Å². The Bertz CT molecular complexity index is 137. The van der Waals surface area contributed by atoms with E-state index in [1.165, 1.54) is 24.8 Å². The number of halogens is 1. The summed E-state index contributed by atoms with van der Waals surface area (Å²) >= 11 is 6.01. The Hall–Kier alpha value is 0.0300. The second kappa shape index (κ2) is 1.51. The van der Waals surface area contributed by atoms with Crippen LogP contribution in [0.4, 0.5) is 0 Å². The monoisotopic (exact) mass is 128 g/mol. The van der Waals surface area contributed by atoms with Gasteiger partial charge in [-0.2, -0.15) is 0 Å². The highest BCUT2D eigenvalue weighted by Crippen LogP contribution is 2.42. The van der Waals surface area contributed by atoms with Gasteiger partial charge in [-0.1, -0.05) is 11.6 Å². The van der Waals surface area contributed by atoms with Crippen LogP contribution in [0.1, 0.15) is 19.3 Å². The quantitative estimate of drug-likeness (QED) is 0.347. The highest BCUT2D eigenvalue weighted by atomic mass is 35.5. The van der Waals surface area contributed by atoms with Gasteiger partial charge in [-0.15, -0.1) is 11.6 Å². The van der Waals surface area contributed by atoms with Crippen molar-refractivity contribution < 1.29 is 0 Å². The van der Waals surface area contributed by atoms with E-state index < -0.39 is 0 Å². The fourth-order valence-corrected chi connectivity index (χ4v) is 2.12. The Kier molecular flexibility index (Phi) is 0.916. The van der Waals surface area contributed by atoms with E-state index in [0.29, 0.717) is 5.38 Å². The maximum absolute atomic E-state index is 6.01. The molecule has 2 bridgehead atoms. The van der Waals surface area contributed by atoms with E-state index in [9.17, 15) is 0 Å². The molecule has 0 nitrogen and oxygen atoms in total. The van der Waals surface area contributed by atoms with Gasteiger partial charge in [0.25, 0.3) is 0 Å². The summed E-state index contributed by atoms with van der Waals surface area (Å²) in [6, 6.07) is 0. The normalized spacial score (nSPS) is 42.9. The second-order valence-electron chi connectivity index (χ2n) is 2.72. The molecule has 2 atom stereocenters. The molecule has 1 heteroatoms. The fraction of sp³-hybridized carbons (Fsp3) is 0.714. The second-order valence-corrected chi connectivity index (χ2v) is 3.19. The van der Waals surface area contributed by atoms with Gasteiger partial charge >= 0.3 is 0 Å². The van der Waals surface area contributed by atoms with Crippen molar-refractivity contribution in [1.82, 2.24) is 0 Å². The molecule has 0 saturated heterocycles. The minimum absolute atomic E-state index is 0.426. The van der Waals surface area contributed by atoms with Gasteiger partial charge in [0.1, 0.15) is 0 Å². The third-order valence-corrected chi connectivity index (χ3v) is 2.89. The summed E-state index contributed by atoms with van der Waals surface area (Å²) in [5, 5.41) is 0.426. The third kappa shape index (κ3) is 0.469. The molecule has 0 spiro atoms. The molecule has 8 heavy (non-hydrogen) atoms. The molecule has 2 rings (SSSR count). The molecule has 0 aromatic carbocycles. The summed E-state index contributed by atoms with van der Waals surface area (Å²) in [6.07, 6.45) is 6.19. The van der Waals surface area contributed by atoms with E-state index in [2.05, 4.69) is 6.08 Å². The number of alkyl halides is 1. The molecule has 0 N–H and O–H groups in total. The van der Waals surface area contributed by atoms with Crippen molar-refractivity contribution in [2.45, 2.75) is 24.6 Å². The lowest BCUT2D eigenvalue weighted by Crippen LogP contribution is -1.99. The lowest BCUT2D eigenvalue weighted by atomic mass is 10.1. The van der Waals surface area contributed by atoms with Gasteiger partial charge in [0.15, 0.2) is 0 Å². The highest BCUT2D eigenvalue weighted by Gasteiger charge is 2.33. The van der Waals surface area contributed by atoms with Crippen molar-refractivity contribution in [3.8, 4) is 0 Å². The average molecular weight is 129 g/mol. The highest BCUT2D eigenvalue weighted by molar-refractivity contribution is 6.23. The van der Waals surface area contributed by atoms with Gasteiger partial charge in [0.2, 0.25) is 0 Å². The summed E-state index contributed by atoms with van der Waals surface area (Å²) in [6.45, 7) is 0. The molecule has 0 aromatic rings. The molecule has 2 aliphatic rings. The van der Waals surface area contributed by atoms with Crippen molar-refractivity contribution >= 4 is 11.6 Å². The molecule has 0 radical (unpaired) electrons. The molecule has 1 saturated carbocycles. The molecular formula is C7H9Cl. The summed E-state index contributed by atoms with van der Waals surface area (Å²) < 4.78 is 0. The van der Waals surface area contributed by atoms with Crippen LogP contribution in [-0.2, 0) is 0 Å². The maximum atomic E-state index is 6.01. The average Bonchev–Trinajstić information content (AvgIpc) is 2.29. The summed E-state index contributed by atoms with van der Waals surface area (Å²) in [5.41, 5.74) is 1.51. The Labute approximate surface area is 54.5 Å². The van der Waals surface area contributed by atoms with Crippen LogP contribution in [0.25, 0.3) is 0 Å². The first-order valence-electron chi connectivity index (χ1n) is 3.21. The Morgan fingerprint density at radius 2 is 2.50 bits per heavy atom. The van der Waals surface area contributed by atoms with Crippen molar-refractivity contribution in [1.29, 1.82) is 0 Å². The van der Waals surface area contributed by atoms with E-state index in [4.69, 9.17) is 11.6 Å². The lowest BCUT2D eigenvalue weighted by molar-refractivity contribution is 0.580. The number of fused-ring (bicyclic) bond motifs is 2.